The van der Waals surface area contributed by atoms with Gasteiger partial charge in [0, 0.05) is 40.3 Å². The van der Waals surface area contributed by atoms with Crippen LogP contribution < -0.4 is 5.32 Å². The summed E-state index contributed by atoms with van der Waals surface area (Å²) >= 11 is 6.24. The third-order valence-corrected chi connectivity index (χ3v) is 8.00. The number of nitrogens with zero attached hydrogens (tertiary/aromatic N) is 6. The number of benzene rings is 2. The van der Waals surface area contributed by atoms with Gasteiger partial charge in [-0.05, 0) is 91.3 Å². The topological polar surface area (TPSA) is 147 Å². The van der Waals surface area contributed by atoms with Gasteiger partial charge in [0.05, 0.1) is 5.69 Å². The van der Waals surface area contributed by atoms with E-state index in [1.165, 1.54) is 23.2 Å². The minimum absolute atomic E-state index is 0.123. The normalized spacial score (nSPS) is 19.5. The molecular formula is C29H28ClN7O5. The van der Waals surface area contributed by atoms with E-state index in [0.717, 1.165) is 32.4 Å². The minimum atomic E-state index is -1.17. The Morgan fingerprint density at radius 3 is 2.64 bits per heavy atom. The first-order valence-electron chi connectivity index (χ1n) is 13.7. The van der Waals surface area contributed by atoms with Crippen LogP contribution in [0.15, 0.2) is 59.3 Å². The molecule has 2 atom stereocenters. The number of amides is 2. The summed E-state index contributed by atoms with van der Waals surface area (Å²) in [6.07, 6.45) is 8.48. The van der Waals surface area contributed by atoms with Crippen LogP contribution in [0.1, 0.15) is 41.8 Å². The average Bonchev–Trinajstić information content (AvgIpc) is 3.76. The highest BCUT2D eigenvalue weighted by molar-refractivity contribution is 6.30. The summed E-state index contributed by atoms with van der Waals surface area (Å²) in [6.45, 7) is 2.19. The minimum Gasteiger partial charge on any atom is -0.475 e. The summed E-state index contributed by atoms with van der Waals surface area (Å²) in [6, 6.07) is 10.7. The zero-order chi connectivity index (χ0) is 29.2. The number of carbonyl (C=O) groups is 3. The maximum Gasteiger partial charge on any atom is 0.371 e. The van der Waals surface area contributed by atoms with Gasteiger partial charge in [0.25, 0.3) is 0 Å². The van der Waals surface area contributed by atoms with Crippen LogP contribution >= 0.6 is 11.6 Å². The van der Waals surface area contributed by atoms with E-state index < -0.39 is 12.0 Å². The lowest BCUT2D eigenvalue weighted by Gasteiger charge is -2.36. The number of carboxylic acid groups (broad SMARTS) is 1. The number of fused-ring (bicyclic) bond motifs is 1. The molecule has 4 aromatic rings. The van der Waals surface area contributed by atoms with Crippen molar-refractivity contribution in [3.63, 3.8) is 0 Å². The van der Waals surface area contributed by atoms with Gasteiger partial charge >= 0.3 is 5.97 Å². The van der Waals surface area contributed by atoms with Crippen LogP contribution in [0, 0.1) is 0 Å². The van der Waals surface area contributed by atoms with Crippen molar-refractivity contribution < 1.29 is 23.9 Å². The molecule has 0 radical (unpaired) electrons. The predicted molar refractivity (Wildman–Crippen MR) is 154 cm³/mol. The van der Waals surface area contributed by atoms with E-state index in [1.54, 1.807) is 47.4 Å². The predicted octanol–water partition coefficient (Wildman–Crippen LogP) is 3.87. The van der Waals surface area contributed by atoms with Gasteiger partial charge in [-0.25, -0.2) is 4.79 Å². The van der Waals surface area contributed by atoms with Gasteiger partial charge in [0.15, 0.2) is 0 Å². The highest BCUT2D eigenvalue weighted by Crippen LogP contribution is 2.29. The molecule has 2 amide bonds. The quantitative estimate of drug-likeness (QED) is 0.307. The molecule has 0 aliphatic carbocycles. The van der Waals surface area contributed by atoms with Crippen LogP contribution in [-0.4, -0.2) is 84.6 Å². The molecule has 6 rings (SSSR count). The van der Waals surface area contributed by atoms with Crippen LogP contribution in [0.2, 0.25) is 5.02 Å². The summed E-state index contributed by atoms with van der Waals surface area (Å²) in [5.74, 6) is -1.95. The maximum absolute atomic E-state index is 13.8. The number of carbonyl (C=O) groups excluding carboxylic acids is 2. The third kappa shape index (κ3) is 5.63. The largest absolute Gasteiger partial charge is 0.475 e. The number of hydrogen-bond acceptors (Lipinski definition) is 8. The van der Waals surface area contributed by atoms with E-state index in [-0.39, 0.29) is 23.6 Å². The Bertz CT molecular complexity index is 1660. The molecule has 216 valence electrons. The Morgan fingerprint density at radius 1 is 1.05 bits per heavy atom. The van der Waals surface area contributed by atoms with Crippen LogP contribution in [0.5, 0.6) is 0 Å². The number of tetrazole rings is 1. The van der Waals surface area contributed by atoms with Crippen molar-refractivity contribution in [3.05, 3.63) is 71.2 Å². The number of anilines is 1. The zero-order valence-electron chi connectivity index (χ0n) is 22.5. The Labute approximate surface area is 245 Å². The molecule has 2 aromatic carbocycles. The van der Waals surface area contributed by atoms with Crippen molar-refractivity contribution in [1.29, 1.82) is 0 Å². The molecule has 0 spiro atoms. The molecule has 12 nitrogen and oxygen atoms in total. The van der Waals surface area contributed by atoms with Crippen LogP contribution in [-0.2, 0) is 9.59 Å². The number of likely N-dealkylation sites (tertiary alicyclic amines) is 2. The van der Waals surface area contributed by atoms with Gasteiger partial charge in [-0.2, -0.15) is 4.68 Å². The van der Waals surface area contributed by atoms with Crippen molar-refractivity contribution in [3.8, 4) is 5.69 Å². The number of aromatic nitrogens is 4. The standard InChI is InChI=1S/C29H28ClN7O5/c30-20-5-7-22(37-17-31-33-34-37)18(14-20)4-9-26(38)36-13-10-23(35-11-2-1-3-12-35)27(36)28(39)32-21-6-8-24-19(15-21)16-25(42-24)29(40)41/h4-9,14-17,23,27H,1-3,10-13H2,(H,32,39)(H,40,41)/b9-4+/t23?,27-/m1/s1. The van der Waals surface area contributed by atoms with Crippen molar-refractivity contribution in [2.75, 3.05) is 25.0 Å². The number of rotatable bonds is 7. The lowest BCUT2D eigenvalue weighted by molar-refractivity contribution is -0.134. The number of hydrogen-bond donors (Lipinski definition) is 2. The number of carboxylic acids is 1. The lowest BCUT2D eigenvalue weighted by atomic mass is 10.0. The number of furan rings is 1. The summed E-state index contributed by atoms with van der Waals surface area (Å²) in [5.41, 5.74) is 2.19. The first-order chi connectivity index (χ1) is 20.4. The van der Waals surface area contributed by atoms with Crippen LogP contribution in [0.3, 0.4) is 0 Å². The van der Waals surface area contributed by atoms with Crippen molar-refractivity contribution in [2.45, 2.75) is 37.8 Å². The summed E-state index contributed by atoms with van der Waals surface area (Å²) < 4.78 is 6.82. The fourth-order valence-corrected chi connectivity index (χ4v) is 5.99. The molecule has 2 fully saturated rings. The smallest absolute Gasteiger partial charge is 0.371 e. The van der Waals surface area contributed by atoms with Gasteiger partial charge in [0.1, 0.15) is 18.0 Å². The molecule has 2 aromatic heterocycles. The molecule has 0 bridgehead atoms. The first-order valence-corrected chi connectivity index (χ1v) is 14.1. The van der Waals surface area contributed by atoms with Gasteiger partial charge < -0.3 is 19.7 Å². The van der Waals surface area contributed by atoms with Gasteiger partial charge in [0.2, 0.25) is 17.6 Å². The molecular weight excluding hydrogens is 562 g/mol. The second kappa shape index (κ2) is 11.7. The molecule has 13 heteroatoms. The van der Waals surface area contributed by atoms with Crippen LogP contribution in [0.4, 0.5) is 5.69 Å². The fraction of sp³-hybridized carbons (Fsp3) is 0.310. The molecule has 4 heterocycles. The molecule has 2 aliphatic heterocycles. The average molecular weight is 590 g/mol. The molecule has 0 saturated carbocycles. The molecule has 2 N–H and O–H groups in total. The lowest BCUT2D eigenvalue weighted by Crippen LogP contribution is -2.53. The van der Waals surface area contributed by atoms with Gasteiger partial charge in [-0.15, -0.1) is 5.10 Å². The third-order valence-electron chi connectivity index (χ3n) is 7.76. The van der Waals surface area contributed by atoms with E-state index in [2.05, 4.69) is 25.7 Å². The number of piperidine rings is 1. The van der Waals surface area contributed by atoms with E-state index in [9.17, 15) is 19.5 Å². The SMILES string of the molecule is O=C(O)c1cc2cc(NC(=O)[C@H]3C(N4CCCCC4)CCN3C(=O)/C=C/c3cc(Cl)ccc3-n3cnnn3)ccc2o1. The second-order valence-corrected chi connectivity index (χ2v) is 10.8. The zero-order valence-corrected chi connectivity index (χ0v) is 23.3. The van der Waals surface area contributed by atoms with E-state index in [4.69, 9.17) is 16.0 Å². The molecule has 2 saturated heterocycles. The summed E-state index contributed by atoms with van der Waals surface area (Å²) in [5, 5.41) is 24.6. The molecule has 42 heavy (non-hydrogen) atoms. The summed E-state index contributed by atoms with van der Waals surface area (Å²) in [7, 11) is 0. The van der Waals surface area contributed by atoms with Gasteiger partial charge in [-0.1, -0.05) is 18.0 Å². The Morgan fingerprint density at radius 2 is 1.88 bits per heavy atom. The maximum atomic E-state index is 13.8. The molecule has 2 aliphatic rings. The summed E-state index contributed by atoms with van der Waals surface area (Å²) in [4.78, 5) is 42.7. The number of aromatic carboxylic acids is 1. The van der Waals surface area contributed by atoms with E-state index >= 15 is 0 Å². The highest BCUT2D eigenvalue weighted by atomic mass is 35.5. The number of nitrogens with one attached hydrogen (secondary N) is 1. The monoisotopic (exact) mass is 589 g/mol. The van der Waals surface area contributed by atoms with Crippen LogP contribution in [0.25, 0.3) is 22.7 Å². The van der Waals surface area contributed by atoms with Crippen molar-refractivity contribution in [2.24, 2.45) is 0 Å². The Balaban J connectivity index is 1.26. The van der Waals surface area contributed by atoms with Gasteiger partial charge in [-0.3, -0.25) is 14.5 Å². The highest BCUT2D eigenvalue weighted by Gasteiger charge is 2.44. The Kier molecular flexibility index (Phi) is 7.72. The Hall–Kier alpha value is -4.55. The fourth-order valence-electron chi connectivity index (χ4n) is 5.81. The van der Waals surface area contributed by atoms with Crippen molar-refractivity contribution in [1.82, 2.24) is 30.0 Å². The number of halogens is 1. The van der Waals surface area contributed by atoms with Crippen molar-refractivity contribution >= 4 is 52.1 Å². The first kappa shape index (κ1) is 27.6. The second-order valence-electron chi connectivity index (χ2n) is 10.4. The van der Waals surface area contributed by atoms with E-state index in [0.29, 0.717) is 45.9 Å². The van der Waals surface area contributed by atoms with E-state index in [1.807, 2.05) is 0 Å². The molecule has 1 unspecified atom stereocenters.